The van der Waals surface area contributed by atoms with Crippen molar-refractivity contribution in [1.29, 1.82) is 0 Å². The molecule has 0 spiro atoms. The lowest BCUT2D eigenvalue weighted by atomic mass is 10.1. The van der Waals surface area contributed by atoms with Crippen LogP contribution in [0, 0.1) is 23.6 Å². The molecule has 4 heteroatoms. The van der Waals surface area contributed by atoms with Gasteiger partial charge in [0.15, 0.2) is 0 Å². The minimum atomic E-state index is -0.286. The van der Waals surface area contributed by atoms with Crippen molar-refractivity contribution in [2.75, 3.05) is 26.3 Å². The van der Waals surface area contributed by atoms with Crippen LogP contribution in [0.4, 0.5) is 4.39 Å². The maximum Gasteiger partial charge on any atom is 0.124 e. The van der Waals surface area contributed by atoms with Gasteiger partial charge in [0, 0.05) is 31.7 Å². The first kappa shape index (κ1) is 16.0. The Morgan fingerprint density at radius 2 is 2.14 bits per heavy atom. The first-order valence-corrected chi connectivity index (χ1v) is 7.44. The third-order valence-corrected chi connectivity index (χ3v) is 3.83. The third-order valence-electron chi connectivity index (χ3n) is 3.83. The SMILES string of the molecule is OCCC#Cc1cc(F)ccc1CN1CCC(CCO)C1. The zero-order valence-electron chi connectivity index (χ0n) is 12.2. The summed E-state index contributed by atoms with van der Waals surface area (Å²) in [5, 5.41) is 17.8. The number of aliphatic hydroxyl groups is 2. The predicted molar refractivity (Wildman–Crippen MR) is 80.1 cm³/mol. The highest BCUT2D eigenvalue weighted by Crippen LogP contribution is 2.22. The minimum Gasteiger partial charge on any atom is -0.396 e. The molecular weight excluding hydrogens is 269 g/mol. The van der Waals surface area contributed by atoms with Crippen molar-refractivity contribution in [3.63, 3.8) is 0 Å². The van der Waals surface area contributed by atoms with E-state index >= 15 is 0 Å². The molecule has 1 fully saturated rings. The van der Waals surface area contributed by atoms with E-state index < -0.39 is 0 Å². The Labute approximate surface area is 125 Å². The number of aliphatic hydroxyl groups excluding tert-OH is 2. The Hall–Kier alpha value is -1.41. The molecule has 1 unspecified atom stereocenters. The van der Waals surface area contributed by atoms with Gasteiger partial charge in [-0.05, 0) is 43.0 Å². The molecule has 1 atom stereocenters. The lowest BCUT2D eigenvalue weighted by Gasteiger charge is -2.17. The molecule has 0 bridgehead atoms. The topological polar surface area (TPSA) is 43.7 Å². The molecule has 114 valence electrons. The predicted octanol–water partition coefficient (Wildman–Crippen LogP) is 1.76. The Balaban J connectivity index is 2.04. The highest BCUT2D eigenvalue weighted by Gasteiger charge is 2.22. The molecule has 0 aromatic heterocycles. The van der Waals surface area contributed by atoms with Gasteiger partial charge in [0.05, 0.1) is 6.61 Å². The number of rotatable bonds is 5. The van der Waals surface area contributed by atoms with E-state index in [1.807, 2.05) is 0 Å². The molecule has 0 aliphatic carbocycles. The van der Waals surface area contributed by atoms with Crippen molar-refractivity contribution >= 4 is 0 Å². The molecule has 1 heterocycles. The molecule has 1 aromatic carbocycles. The van der Waals surface area contributed by atoms with Crippen molar-refractivity contribution < 1.29 is 14.6 Å². The first-order chi connectivity index (χ1) is 10.2. The maximum atomic E-state index is 13.4. The molecular formula is C17H22FNO2. The van der Waals surface area contributed by atoms with Crippen LogP contribution in [0.1, 0.15) is 30.4 Å². The van der Waals surface area contributed by atoms with Gasteiger partial charge < -0.3 is 10.2 Å². The third kappa shape index (κ3) is 4.82. The molecule has 2 N–H and O–H groups in total. The van der Waals surface area contributed by atoms with Gasteiger partial charge in [-0.2, -0.15) is 0 Å². The van der Waals surface area contributed by atoms with Crippen LogP contribution in [0.25, 0.3) is 0 Å². The highest BCUT2D eigenvalue weighted by atomic mass is 19.1. The molecule has 0 radical (unpaired) electrons. The lowest BCUT2D eigenvalue weighted by Crippen LogP contribution is -2.21. The molecule has 1 saturated heterocycles. The van der Waals surface area contributed by atoms with E-state index in [1.54, 1.807) is 6.07 Å². The second-order valence-corrected chi connectivity index (χ2v) is 5.48. The van der Waals surface area contributed by atoms with Crippen LogP contribution in [-0.2, 0) is 6.54 Å². The molecule has 2 rings (SSSR count). The Kier molecular flexibility index (Phi) is 6.19. The second-order valence-electron chi connectivity index (χ2n) is 5.48. The van der Waals surface area contributed by atoms with Crippen LogP contribution >= 0.6 is 0 Å². The van der Waals surface area contributed by atoms with Crippen molar-refractivity contribution in [1.82, 2.24) is 4.90 Å². The fourth-order valence-electron chi connectivity index (χ4n) is 2.73. The van der Waals surface area contributed by atoms with Gasteiger partial charge in [-0.1, -0.05) is 17.9 Å². The minimum absolute atomic E-state index is 0.0205. The van der Waals surface area contributed by atoms with Crippen molar-refractivity contribution in [2.45, 2.75) is 25.8 Å². The monoisotopic (exact) mass is 291 g/mol. The van der Waals surface area contributed by atoms with E-state index in [4.69, 9.17) is 10.2 Å². The van der Waals surface area contributed by atoms with Crippen LogP contribution in [-0.4, -0.2) is 41.4 Å². The van der Waals surface area contributed by atoms with Crippen molar-refractivity contribution in [3.8, 4) is 11.8 Å². The van der Waals surface area contributed by atoms with Gasteiger partial charge in [-0.15, -0.1) is 0 Å². The smallest absolute Gasteiger partial charge is 0.124 e. The number of hydrogen-bond acceptors (Lipinski definition) is 3. The van der Waals surface area contributed by atoms with Gasteiger partial charge in [0.2, 0.25) is 0 Å². The van der Waals surface area contributed by atoms with Crippen LogP contribution < -0.4 is 0 Å². The van der Waals surface area contributed by atoms with E-state index in [2.05, 4.69) is 16.7 Å². The summed E-state index contributed by atoms with van der Waals surface area (Å²) in [4.78, 5) is 2.32. The summed E-state index contributed by atoms with van der Waals surface area (Å²) in [6.07, 6.45) is 2.36. The lowest BCUT2D eigenvalue weighted by molar-refractivity contribution is 0.249. The Bertz CT molecular complexity index is 521. The van der Waals surface area contributed by atoms with E-state index in [0.29, 0.717) is 17.9 Å². The maximum absolute atomic E-state index is 13.4. The van der Waals surface area contributed by atoms with Crippen LogP contribution in [0.5, 0.6) is 0 Å². The van der Waals surface area contributed by atoms with Gasteiger partial charge in [0.1, 0.15) is 5.82 Å². The number of benzene rings is 1. The zero-order valence-corrected chi connectivity index (χ0v) is 12.2. The molecule has 0 amide bonds. The van der Waals surface area contributed by atoms with Gasteiger partial charge in [-0.25, -0.2) is 4.39 Å². The Morgan fingerprint density at radius 3 is 2.90 bits per heavy atom. The first-order valence-electron chi connectivity index (χ1n) is 7.44. The van der Waals surface area contributed by atoms with Gasteiger partial charge in [0.25, 0.3) is 0 Å². The number of likely N-dealkylation sites (tertiary alicyclic amines) is 1. The largest absolute Gasteiger partial charge is 0.396 e. The van der Waals surface area contributed by atoms with E-state index in [9.17, 15) is 4.39 Å². The normalized spacial score (nSPS) is 18.5. The molecule has 3 nitrogen and oxygen atoms in total. The average Bonchev–Trinajstić information content (AvgIpc) is 2.90. The standard InChI is InChI=1S/C17H22FNO2/c18-17-5-4-16(15(11-17)3-1-2-9-20)13-19-8-6-14(12-19)7-10-21/h4-5,11,14,20-21H,2,6-10,12-13H2. The molecule has 1 aromatic rings. The van der Waals surface area contributed by atoms with Crippen molar-refractivity contribution in [2.24, 2.45) is 5.92 Å². The van der Waals surface area contributed by atoms with Gasteiger partial charge >= 0.3 is 0 Å². The number of hydrogen-bond donors (Lipinski definition) is 2. The average molecular weight is 291 g/mol. The molecule has 0 saturated carbocycles. The number of nitrogens with zero attached hydrogens (tertiary/aromatic N) is 1. The van der Waals surface area contributed by atoms with Crippen LogP contribution in [0.15, 0.2) is 18.2 Å². The summed E-state index contributed by atoms with van der Waals surface area (Å²) >= 11 is 0. The van der Waals surface area contributed by atoms with Gasteiger partial charge in [-0.3, -0.25) is 4.90 Å². The van der Waals surface area contributed by atoms with Crippen molar-refractivity contribution in [3.05, 3.63) is 35.1 Å². The molecule has 1 aliphatic heterocycles. The quantitative estimate of drug-likeness (QED) is 0.813. The summed E-state index contributed by atoms with van der Waals surface area (Å²) in [6.45, 7) is 3.00. The van der Waals surface area contributed by atoms with E-state index in [0.717, 1.165) is 38.0 Å². The van der Waals surface area contributed by atoms with Crippen LogP contribution in [0.2, 0.25) is 0 Å². The number of halogens is 1. The summed E-state index contributed by atoms with van der Waals surface area (Å²) < 4.78 is 13.4. The van der Waals surface area contributed by atoms with E-state index in [-0.39, 0.29) is 19.0 Å². The van der Waals surface area contributed by atoms with Crippen LogP contribution in [0.3, 0.4) is 0 Å². The Morgan fingerprint density at radius 1 is 1.29 bits per heavy atom. The summed E-state index contributed by atoms with van der Waals surface area (Å²) in [7, 11) is 0. The fraction of sp³-hybridized carbons (Fsp3) is 0.529. The molecule has 21 heavy (non-hydrogen) atoms. The summed E-state index contributed by atoms with van der Waals surface area (Å²) in [5.41, 5.74) is 1.72. The molecule has 1 aliphatic rings. The fourth-order valence-corrected chi connectivity index (χ4v) is 2.73. The van der Waals surface area contributed by atoms with E-state index in [1.165, 1.54) is 12.1 Å². The highest BCUT2D eigenvalue weighted by molar-refractivity contribution is 5.41. The summed E-state index contributed by atoms with van der Waals surface area (Å²) in [6, 6.07) is 4.71. The summed E-state index contributed by atoms with van der Waals surface area (Å²) in [5.74, 6) is 6.07. The zero-order chi connectivity index (χ0) is 15.1. The second kappa shape index (κ2) is 8.14.